The Bertz CT molecular complexity index is 1130. The van der Waals surface area contributed by atoms with Crippen LogP contribution in [0.4, 0.5) is 11.4 Å². The molecule has 2 aliphatic carbocycles. The molecule has 2 aromatic carbocycles. The van der Waals surface area contributed by atoms with E-state index < -0.39 is 0 Å². The van der Waals surface area contributed by atoms with E-state index in [1.807, 2.05) is 30.4 Å². The van der Waals surface area contributed by atoms with Crippen molar-refractivity contribution in [3.8, 4) is 5.75 Å². The number of carbonyl (C=O) groups excluding carboxylic acids is 2. The average molecular weight is 436 g/mol. The highest BCUT2D eigenvalue weighted by Crippen LogP contribution is 2.41. The number of rotatable bonds is 3. The van der Waals surface area contributed by atoms with Gasteiger partial charge in [0.05, 0.1) is 11.3 Å². The summed E-state index contributed by atoms with van der Waals surface area (Å²) in [6, 6.07) is 8.77. The third-order valence-corrected chi connectivity index (χ3v) is 5.47. The van der Waals surface area contributed by atoms with Crippen LogP contribution in [0.15, 0.2) is 54.6 Å². The zero-order valence-corrected chi connectivity index (χ0v) is 16.4. The van der Waals surface area contributed by atoms with Gasteiger partial charge in [0.25, 0.3) is 5.69 Å². The van der Waals surface area contributed by atoms with E-state index in [1.54, 1.807) is 24.3 Å². The Labute approximate surface area is 169 Å². The highest BCUT2D eigenvalue weighted by atomic mass is 79.9. The van der Waals surface area contributed by atoms with Gasteiger partial charge in [0.1, 0.15) is 5.56 Å². The third kappa shape index (κ3) is 2.48. The van der Waals surface area contributed by atoms with Crippen LogP contribution < -0.4 is 15.0 Å². The molecular formula is C22H16BrN2O3+. The number of halogens is 1. The molecule has 5 nitrogen and oxygen atoms in total. The zero-order valence-electron chi connectivity index (χ0n) is 14.8. The van der Waals surface area contributed by atoms with Gasteiger partial charge in [0.2, 0.25) is 17.6 Å². The first-order chi connectivity index (χ1) is 13.7. The SMILES string of the molecule is O=C1c2ccccc2C(=O)c2c3c(cc(NCCBr)c21)OC1C=CC=CC1=[NH+]3. The quantitative estimate of drug-likeness (QED) is 0.619. The average Bonchev–Trinajstić information content (AvgIpc) is 2.73. The van der Waals surface area contributed by atoms with Crippen LogP contribution in [0.5, 0.6) is 5.75 Å². The van der Waals surface area contributed by atoms with Gasteiger partial charge < -0.3 is 10.1 Å². The van der Waals surface area contributed by atoms with Crippen LogP contribution in [-0.4, -0.2) is 35.3 Å². The minimum absolute atomic E-state index is 0.155. The van der Waals surface area contributed by atoms with Crippen molar-refractivity contribution in [3.05, 3.63) is 76.9 Å². The fourth-order valence-corrected chi connectivity index (χ4v) is 4.03. The maximum Gasteiger partial charge on any atom is 0.258 e. The van der Waals surface area contributed by atoms with Gasteiger partial charge in [-0.25, -0.2) is 4.99 Å². The lowest BCUT2D eigenvalue weighted by molar-refractivity contribution is -0.362. The van der Waals surface area contributed by atoms with E-state index in [-0.39, 0.29) is 17.7 Å². The van der Waals surface area contributed by atoms with Gasteiger partial charge >= 0.3 is 0 Å². The lowest BCUT2D eigenvalue weighted by atomic mass is 9.81. The van der Waals surface area contributed by atoms with Crippen molar-refractivity contribution in [3.63, 3.8) is 0 Å². The third-order valence-electron chi connectivity index (χ3n) is 5.07. The molecule has 0 amide bonds. The molecule has 2 aromatic rings. The Kier molecular flexibility index (Phi) is 4.02. The lowest BCUT2D eigenvalue weighted by Gasteiger charge is -2.25. The first-order valence-corrected chi connectivity index (χ1v) is 10.2. The Morgan fingerprint density at radius 3 is 2.57 bits per heavy atom. The summed E-state index contributed by atoms with van der Waals surface area (Å²) >= 11 is 3.40. The number of allylic oxidation sites excluding steroid dienone is 2. The molecule has 28 heavy (non-hydrogen) atoms. The standard InChI is InChI=1S/C22H15BrN2O3/c23-9-10-24-15-11-17-20(25-14-7-3-4-8-16(14)28-17)19-18(15)21(26)12-5-1-2-6-13(12)22(19)27/h1-8,11,16,24H,9-10H2/p+1. The van der Waals surface area contributed by atoms with Crippen LogP contribution in [0.2, 0.25) is 0 Å². The number of alkyl halides is 1. The number of benzene rings is 2. The van der Waals surface area contributed by atoms with E-state index in [9.17, 15) is 9.59 Å². The summed E-state index contributed by atoms with van der Waals surface area (Å²) in [5.41, 5.74) is 3.64. The van der Waals surface area contributed by atoms with Crippen LogP contribution >= 0.6 is 15.9 Å². The fourth-order valence-electron chi connectivity index (χ4n) is 3.83. The molecule has 1 unspecified atom stereocenters. The minimum Gasteiger partial charge on any atom is -0.468 e. The summed E-state index contributed by atoms with van der Waals surface area (Å²) in [7, 11) is 0. The summed E-state index contributed by atoms with van der Waals surface area (Å²) in [5, 5.41) is 3.97. The van der Waals surface area contributed by atoms with Gasteiger partial charge in [-0.3, -0.25) is 9.59 Å². The number of hydrogen-bond acceptors (Lipinski definition) is 4. The highest BCUT2D eigenvalue weighted by Gasteiger charge is 2.40. The summed E-state index contributed by atoms with van der Waals surface area (Å²) in [6.45, 7) is 0.616. The molecule has 0 fully saturated rings. The molecule has 1 aliphatic heterocycles. The number of anilines is 1. The van der Waals surface area contributed by atoms with Gasteiger partial charge in [-0.1, -0.05) is 52.3 Å². The van der Waals surface area contributed by atoms with Crippen molar-refractivity contribution >= 4 is 44.6 Å². The number of ether oxygens (including phenoxy) is 1. The molecule has 6 heteroatoms. The minimum atomic E-state index is -0.235. The molecule has 0 spiro atoms. The largest absolute Gasteiger partial charge is 0.468 e. The number of fused-ring (bicyclic) bond motifs is 5. The fraction of sp³-hybridized carbons (Fsp3) is 0.136. The molecule has 0 radical (unpaired) electrons. The topological polar surface area (TPSA) is 69.4 Å². The normalized spacial score (nSPS) is 18.5. The molecular weight excluding hydrogens is 420 g/mol. The molecule has 5 rings (SSSR count). The van der Waals surface area contributed by atoms with Crippen LogP contribution in [0.1, 0.15) is 31.8 Å². The van der Waals surface area contributed by atoms with E-state index in [0.29, 0.717) is 51.3 Å². The van der Waals surface area contributed by atoms with Gasteiger partial charge in [-0.05, 0) is 6.08 Å². The van der Waals surface area contributed by atoms with E-state index in [4.69, 9.17) is 4.74 Å². The smallest absolute Gasteiger partial charge is 0.258 e. The van der Waals surface area contributed by atoms with Crippen molar-refractivity contribution in [2.45, 2.75) is 6.10 Å². The van der Waals surface area contributed by atoms with Crippen molar-refractivity contribution in [2.24, 2.45) is 0 Å². The van der Waals surface area contributed by atoms with Gasteiger partial charge in [-0.2, -0.15) is 0 Å². The summed E-state index contributed by atoms with van der Waals surface area (Å²) in [4.78, 5) is 30.0. The summed E-state index contributed by atoms with van der Waals surface area (Å²) in [6.07, 6.45) is 7.46. The van der Waals surface area contributed by atoms with Gasteiger partial charge in [0.15, 0.2) is 11.5 Å². The zero-order chi connectivity index (χ0) is 19.3. The monoisotopic (exact) mass is 435 g/mol. The van der Waals surface area contributed by atoms with E-state index >= 15 is 0 Å². The Hall–Kier alpha value is -2.99. The molecule has 3 aliphatic rings. The van der Waals surface area contributed by atoms with Crippen LogP contribution in [0.3, 0.4) is 0 Å². The van der Waals surface area contributed by atoms with Gasteiger partial charge in [-0.15, -0.1) is 0 Å². The Morgan fingerprint density at radius 1 is 1.07 bits per heavy atom. The number of nitrogens with one attached hydrogen (secondary N) is 2. The molecule has 0 bridgehead atoms. The number of hydrogen-bond donors (Lipinski definition) is 2. The maximum atomic E-state index is 13.4. The van der Waals surface area contributed by atoms with Crippen LogP contribution in [-0.2, 0) is 0 Å². The van der Waals surface area contributed by atoms with E-state index in [0.717, 1.165) is 5.71 Å². The molecule has 0 saturated carbocycles. The lowest BCUT2D eigenvalue weighted by Crippen LogP contribution is -2.72. The first-order valence-electron chi connectivity index (χ1n) is 9.03. The molecule has 1 atom stereocenters. The predicted octanol–water partition coefficient (Wildman–Crippen LogP) is 2.31. The van der Waals surface area contributed by atoms with Crippen molar-refractivity contribution < 1.29 is 19.3 Å². The first kappa shape index (κ1) is 17.1. The summed E-state index contributed by atoms with van der Waals surface area (Å²) in [5.74, 6) is 0.234. The highest BCUT2D eigenvalue weighted by molar-refractivity contribution is 9.09. The molecule has 0 aromatic heterocycles. The van der Waals surface area contributed by atoms with E-state index in [1.165, 1.54) is 0 Å². The number of carbonyl (C=O) groups is 2. The molecule has 2 N–H and O–H groups in total. The van der Waals surface area contributed by atoms with Crippen LogP contribution in [0.25, 0.3) is 0 Å². The second-order valence-corrected chi connectivity index (χ2v) is 7.52. The molecule has 0 saturated heterocycles. The Balaban J connectivity index is 1.78. The van der Waals surface area contributed by atoms with Crippen molar-refractivity contribution in [1.82, 2.24) is 0 Å². The van der Waals surface area contributed by atoms with Crippen LogP contribution in [0, 0.1) is 0 Å². The predicted molar refractivity (Wildman–Crippen MR) is 110 cm³/mol. The van der Waals surface area contributed by atoms with E-state index in [2.05, 4.69) is 26.2 Å². The van der Waals surface area contributed by atoms with Gasteiger partial charge in [0, 0.05) is 35.1 Å². The van der Waals surface area contributed by atoms with Crippen molar-refractivity contribution in [2.75, 3.05) is 17.2 Å². The van der Waals surface area contributed by atoms with Crippen molar-refractivity contribution in [1.29, 1.82) is 0 Å². The second kappa shape index (κ2) is 6.56. The Morgan fingerprint density at radius 2 is 1.82 bits per heavy atom. The second-order valence-electron chi connectivity index (χ2n) is 6.73. The molecule has 138 valence electrons. The molecule has 1 heterocycles. The maximum absolute atomic E-state index is 13.4. The number of ketones is 2. The summed E-state index contributed by atoms with van der Waals surface area (Å²) < 4.78 is 6.14.